The molecule has 0 aliphatic heterocycles. The Morgan fingerprint density at radius 2 is 2.23 bits per heavy atom. The number of rotatable bonds is 2. The SMILES string of the molecule is O=C(O)c1cnc(C2CCCC2)o1. The lowest BCUT2D eigenvalue weighted by Gasteiger charge is -2.00. The lowest BCUT2D eigenvalue weighted by Crippen LogP contribution is -1.93. The largest absolute Gasteiger partial charge is 0.475 e. The Morgan fingerprint density at radius 1 is 1.54 bits per heavy atom. The molecule has 0 radical (unpaired) electrons. The van der Waals surface area contributed by atoms with E-state index in [0.29, 0.717) is 11.8 Å². The van der Waals surface area contributed by atoms with E-state index in [2.05, 4.69) is 4.98 Å². The van der Waals surface area contributed by atoms with Gasteiger partial charge in [0.2, 0.25) is 5.76 Å². The summed E-state index contributed by atoms with van der Waals surface area (Å²) in [5.74, 6) is -0.165. The molecule has 1 aliphatic rings. The molecule has 4 nitrogen and oxygen atoms in total. The molecule has 1 aliphatic carbocycles. The minimum absolute atomic E-state index is 0.0538. The summed E-state index contributed by atoms with van der Waals surface area (Å²) in [5, 5.41) is 8.61. The number of nitrogens with zero attached hydrogens (tertiary/aromatic N) is 1. The first kappa shape index (κ1) is 8.29. The first-order chi connectivity index (χ1) is 6.27. The van der Waals surface area contributed by atoms with Crippen molar-refractivity contribution in [2.24, 2.45) is 0 Å². The fourth-order valence-corrected chi connectivity index (χ4v) is 1.75. The molecule has 0 bridgehead atoms. The average Bonchev–Trinajstić information content (AvgIpc) is 2.75. The normalized spacial score (nSPS) is 17.8. The summed E-state index contributed by atoms with van der Waals surface area (Å²) < 4.78 is 5.12. The first-order valence-electron chi connectivity index (χ1n) is 4.46. The fourth-order valence-electron chi connectivity index (χ4n) is 1.75. The van der Waals surface area contributed by atoms with Gasteiger partial charge in [0.25, 0.3) is 0 Å². The van der Waals surface area contributed by atoms with Crippen molar-refractivity contribution < 1.29 is 14.3 Å². The summed E-state index contributed by atoms with van der Waals surface area (Å²) in [5.41, 5.74) is 0. The molecule has 1 N–H and O–H groups in total. The number of aromatic carboxylic acids is 1. The van der Waals surface area contributed by atoms with Crippen LogP contribution in [0.2, 0.25) is 0 Å². The van der Waals surface area contributed by atoms with Crippen molar-refractivity contribution in [1.29, 1.82) is 0 Å². The van der Waals surface area contributed by atoms with Gasteiger partial charge in [-0.25, -0.2) is 9.78 Å². The maximum absolute atomic E-state index is 10.5. The molecule has 1 saturated carbocycles. The highest BCUT2D eigenvalue weighted by molar-refractivity contribution is 5.83. The van der Waals surface area contributed by atoms with Crippen molar-refractivity contribution in [1.82, 2.24) is 4.98 Å². The molecule has 13 heavy (non-hydrogen) atoms. The van der Waals surface area contributed by atoms with E-state index in [-0.39, 0.29) is 5.76 Å². The van der Waals surface area contributed by atoms with Crippen molar-refractivity contribution in [3.05, 3.63) is 17.8 Å². The topological polar surface area (TPSA) is 63.3 Å². The van der Waals surface area contributed by atoms with Gasteiger partial charge in [-0.15, -0.1) is 0 Å². The minimum atomic E-state index is -1.04. The Labute approximate surface area is 75.6 Å². The first-order valence-corrected chi connectivity index (χ1v) is 4.46. The molecule has 1 aromatic rings. The summed E-state index contributed by atoms with van der Waals surface area (Å²) in [6.07, 6.45) is 5.81. The van der Waals surface area contributed by atoms with Crippen LogP contribution < -0.4 is 0 Å². The van der Waals surface area contributed by atoms with Crippen LogP contribution in [0.3, 0.4) is 0 Å². The highest BCUT2D eigenvalue weighted by Crippen LogP contribution is 2.33. The maximum atomic E-state index is 10.5. The predicted octanol–water partition coefficient (Wildman–Crippen LogP) is 2.03. The summed E-state index contributed by atoms with van der Waals surface area (Å²) >= 11 is 0. The number of oxazole rings is 1. The highest BCUT2D eigenvalue weighted by Gasteiger charge is 2.22. The van der Waals surface area contributed by atoms with Crippen molar-refractivity contribution in [2.75, 3.05) is 0 Å². The van der Waals surface area contributed by atoms with Crippen LogP contribution >= 0.6 is 0 Å². The van der Waals surface area contributed by atoms with Crippen LogP contribution in [-0.4, -0.2) is 16.1 Å². The third kappa shape index (κ3) is 1.56. The predicted molar refractivity (Wildman–Crippen MR) is 44.7 cm³/mol. The molecule has 0 saturated heterocycles. The fraction of sp³-hybridized carbons (Fsp3) is 0.556. The summed E-state index contributed by atoms with van der Waals surface area (Å²) in [7, 11) is 0. The lowest BCUT2D eigenvalue weighted by atomic mass is 10.1. The Morgan fingerprint density at radius 3 is 2.77 bits per heavy atom. The zero-order valence-corrected chi connectivity index (χ0v) is 7.19. The van der Waals surface area contributed by atoms with Gasteiger partial charge in [0.05, 0.1) is 6.20 Å². The summed E-state index contributed by atoms with van der Waals surface area (Å²) in [6, 6.07) is 0. The molecule has 0 amide bonds. The van der Waals surface area contributed by atoms with Gasteiger partial charge >= 0.3 is 5.97 Å². The average molecular weight is 181 g/mol. The van der Waals surface area contributed by atoms with Crippen molar-refractivity contribution in [2.45, 2.75) is 31.6 Å². The number of aromatic nitrogens is 1. The minimum Gasteiger partial charge on any atom is -0.475 e. The van der Waals surface area contributed by atoms with E-state index < -0.39 is 5.97 Å². The molecule has 0 unspecified atom stereocenters. The number of hydrogen-bond donors (Lipinski definition) is 1. The van der Waals surface area contributed by atoms with Crippen LogP contribution in [0.1, 0.15) is 48.0 Å². The highest BCUT2D eigenvalue weighted by atomic mass is 16.4. The van der Waals surface area contributed by atoms with Crippen molar-refractivity contribution in [3.63, 3.8) is 0 Å². The summed E-state index contributed by atoms with van der Waals surface area (Å²) in [4.78, 5) is 14.5. The molecule has 2 rings (SSSR count). The van der Waals surface area contributed by atoms with Gasteiger partial charge in [0.1, 0.15) is 0 Å². The Hall–Kier alpha value is -1.32. The standard InChI is InChI=1S/C9H11NO3/c11-9(12)7-5-10-8(13-7)6-3-1-2-4-6/h5-6H,1-4H2,(H,11,12). The van der Waals surface area contributed by atoms with Crippen molar-refractivity contribution in [3.8, 4) is 0 Å². The molecule has 0 aromatic carbocycles. The molecule has 1 aromatic heterocycles. The Kier molecular flexibility index (Phi) is 2.04. The number of carboxylic acids is 1. The van der Waals surface area contributed by atoms with Gasteiger partial charge in [-0.2, -0.15) is 0 Å². The summed E-state index contributed by atoms with van der Waals surface area (Å²) in [6.45, 7) is 0. The van der Waals surface area contributed by atoms with Crippen LogP contribution in [0.25, 0.3) is 0 Å². The molecule has 70 valence electrons. The second-order valence-electron chi connectivity index (χ2n) is 3.35. The molecule has 1 heterocycles. The lowest BCUT2D eigenvalue weighted by molar-refractivity contribution is 0.0659. The van der Waals surface area contributed by atoms with Crippen LogP contribution in [-0.2, 0) is 0 Å². The van der Waals surface area contributed by atoms with Crippen LogP contribution in [0.5, 0.6) is 0 Å². The van der Waals surface area contributed by atoms with E-state index in [0.717, 1.165) is 12.8 Å². The zero-order valence-electron chi connectivity index (χ0n) is 7.19. The van der Waals surface area contributed by atoms with Gasteiger partial charge in [-0.1, -0.05) is 12.8 Å². The quantitative estimate of drug-likeness (QED) is 0.758. The van der Waals surface area contributed by atoms with E-state index in [1.54, 1.807) is 0 Å². The van der Waals surface area contributed by atoms with Gasteiger partial charge in [-0.05, 0) is 12.8 Å². The second-order valence-corrected chi connectivity index (χ2v) is 3.35. The Balaban J connectivity index is 2.16. The van der Waals surface area contributed by atoms with Gasteiger partial charge < -0.3 is 9.52 Å². The molecule has 4 heteroatoms. The third-order valence-corrected chi connectivity index (χ3v) is 2.44. The molecular formula is C9H11NO3. The molecule has 0 atom stereocenters. The van der Waals surface area contributed by atoms with E-state index in [1.165, 1.54) is 19.0 Å². The maximum Gasteiger partial charge on any atom is 0.373 e. The van der Waals surface area contributed by atoms with Gasteiger partial charge in [0.15, 0.2) is 5.89 Å². The van der Waals surface area contributed by atoms with E-state index >= 15 is 0 Å². The van der Waals surface area contributed by atoms with Gasteiger partial charge in [0, 0.05) is 5.92 Å². The smallest absolute Gasteiger partial charge is 0.373 e. The molecule has 0 spiro atoms. The van der Waals surface area contributed by atoms with E-state index in [1.807, 2.05) is 0 Å². The number of hydrogen-bond acceptors (Lipinski definition) is 3. The molecular weight excluding hydrogens is 170 g/mol. The zero-order chi connectivity index (χ0) is 9.26. The second kappa shape index (κ2) is 3.20. The third-order valence-electron chi connectivity index (χ3n) is 2.44. The van der Waals surface area contributed by atoms with E-state index in [9.17, 15) is 4.79 Å². The van der Waals surface area contributed by atoms with E-state index in [4.69, 9.17) is 9.52 Å². The van der Waals surface area contributed by atoms with Crippen molar-refractivity contribution >= 4 is 5.97 Å². The van der Waals surface area contributed by atoms with Crippen LogP contribution in [0.15, 0.2) is 10.6 Å². The molecule has 1 fully saturated rings. The monoisotopic (exact) mass is 181 g/mol. The van der Waals surface area contributed by atoms with Crippen LogP contribution in [0.4, 0.5) is 0 Å². The number of carboxylic acid groups (broad SMARTS) is 1. The van der Waals surface area contributed by atoms with Gasteiger partial charge in [-0.3, -0.25) is 0 Å². The Bertz CT molecular complexity index is 312. The van der Waals surface area contributed by atoms with Crippen LogP contribution in [0, 0.1) is 0 Å². The number of carbonyl (C=O) groups is 1.